The summed E-state index contributed by atoms with van der Waals surface area (Å²) in [4.78, 5) is 29.1. The Morgan fingerprint density at radius 3 is 2.75 bits per heavy atom. The number of carbonyl (C=O) groups excluding carboxylic acids is 2. The van der Waals surface area contributed by atoms with Gasteiger partial charge in [-0.25, -0.2) is 4.98 Å². The number of hydrogen-bond donors (Lipinski definition) is 2. The Bertz CT molecular complexity index is 1140. The van der Waals surface area contributed by atoms with E-state index in [4.69, 9.17) is 14.5 Å². The van der Waals surface area contributed by atoms with Gasteiger partial charge in [0.1, 0.15) is 12.4 Å². The molecule has 1 aliphatic rings. The number of aromatic nitrogens is 2. The van der Waals surface area contributed by atoms with Crippen LogP contribution in [0.5, 0.6) is 11.5 Å². The Hall–Kier alpha value is -3.55. The number of hydrogen-bond acceptors (Lipinski definition) is 5. The minimum absolute atomic E-state index is 0.0212. The zero-order chi connectivity index (χ0) is 22.7. The van der Waals surface area contributed by atoms with Crippen LogP contribution in [0.15, 0.2) is 42.5 Å². The lowest BCUT2D eigenvalue weighted by Gasteiger charge is -2.25. The molecule has 1 aromatic heterocycles. The molecule has 2 aromatic carbocycles. The van der Waals surface area contributed by atoms with E-state index in [0.717, 1.165) is 29.0 Å². The number of fused-ring (bicyclic) bond motifs is 2. The molecule has 4 rings (SSSR count). The molecule has 0 saturated heterocycles. The van der Waals surface area contributed by atoms with Crippen molar-refractivity contribution in [3.8, 4) is 11.5 Å². The lowest BCUT2D eigenvalue weighted by molar-refractivity contribution is -0.130. The van der Waals surface area contributed by atoms with Crippen LogP contribution in [0.4, 0.5) is 5.69 Å². The maximum absolute atomic E-state index is 12.4. The predicted octanol–water partition coefficient (Wildman–Crippen LogP) is 3.06. The maximum Gasteiger partial charge on any atom is 0.264 e. The Morgan fingerprint density at radius 2 is 1.97 bits per heavy atom. The standard InChI is InChI=1S/C24H28N4O4/c1-15(2)23(29)26-16-10-11-18-17(13-16)27-22(28(18)3)9-6-12-25-24(30)21-14-31-19-7-4-5-8-20(19)32-21/h4-5,7-8,10-11,13,15,21H,6,9,12,14H2,1-3H3,(H,25,30)(H,26,29)/t21-/m1/s1. The predicted molar refractivity (Wildman–Crippen MR) is 122 cm³/mol. The van der Waals surface area contributed by atoms with Crippen molar-refractivity contribution in [3.63, 3.8) is 0 Å². The molecule has 2 amide bonds. The van der Waals surface area contributed by atoms with Gasteiger partial charge in [-0.3, -0.25) is 9.59 Å². The number of nitrogens with zero attached hydrogens (tertiary/aromatic N) is 2. The van der Waals surface area contributed by atoms with Gasteiger partial charge >= 0.3 is 0 Å². The third kappa shape index (κ3) is 4.69. The zero-order valence-electron chi connectivity index (χ0n) is 18.6. The van der Waals surface area contributed by atoms with Crippen LogP contribution in [0.2, 0.25) is 0 Å². The van der Waals surface area contributed by atoms with Crippen LogP contribution in [0.1, 0.15) is 26.1 Å². The van der Waals surface area contributed by atoms with Crippen LogP contribution in [-0.2, 0) is 23.1 Å². The molecular weight excluding hydrogens is 408 g/mol. The number of imidazole rings is 1. The topological polar surface area (TPSA) is 94.5 Å². The van der Waals surface area contributed by atoms with Gasteiger partial charge in [-0.15, -0.1) is 0 Å². The van der Waals surface area contributed by atoms with Crippen molar-refractivity contribution in [2.24, 2.45) is 13.0 Å². The molecule has 3 aromatic rings. The fourth-order valence-electron chi connectivity index (χ4n) is 3.56. The fraction of sp³-hybridized carbons (Fsp3) is 0.375. The highest BCUT2D eigenvalue weighted by Crippen LogP contribution is 2.30. The highest BCUT2D eigenvalue weighted by molar-refractivity contribution is 5.94. The smallest absolute Gasteiger partial charge is 0.264 e. The Balaban J connectivity index is 1.30. The number of para-hydroxylation sites is 2. The van der Waals surface area contributed by atoms with E-state index in [1.54, 1.807) is 6.07 Å². The second kappa shape index (κ2) is 9.30. The molecule has 0 aliphatic carbocycles. The van der Waals surface area contributed by atoms with Gasteiger partial charge in [0.05, 0.1) is 11.0 Å². The van der Waals surface area contributed by atoms with Crippen LogP contribution in [-0.4, -0.2) is 40.6 Å². The molecule has 0 unspecified atom stereocenters. The Labute approximate surface area is 186 Å². The molecule has 0 radical (unpaired) electrons. The third-order valence-electron chi connectivity index (χ3n) is 5.44. The SMILES string of the molecule is CC(C)C(=O)Nc1ccc2c(c1)nc(CCCNC(=O)[C@H]1COc3ccccc3O1)n2C. The average molecular weight is 437 g/mol. The minimum Gasteiger partial charge on any atom is -0.485 e. The van der Waals surface area contributed by atoms with E-state index in [0.29, 0.717) is 24.5 Å². The maximum atomic E-state index is 12.4. The van der Waals surface area contributed by atoms with Gasteiger partial charge in [0.15, 0.2) is 11.5 Å². The number of aryl methyl sites for hydroxylation is 2. The van der Waals surface area contributed by atoms with Crippen LogP contribution in [0, 0.1) is 5.92 Å². The Kier molecular flexibility index (Phi) is 6.30. The van der Waals surface area contributed by atoms with Gasteiger partial charge in [0.2, 0.25) is 12.0 Å². The first-order chi connectivity index (χ1) is 15.4. The van der Waals surface area contributed by atoms with Gasteiger partial charge in [-0.2, -0.15) is 0 Å². The van der Waals surface area contributed by atoms with Crippen LogP contribution in [0.3, 0.4) is 0 Å². The summed E-state index contributed by atoms with van der Waals surface area (Å²) in [5.74, 6) is 1.88. The molecular formula is C24H28N4O4. The van der Waals surface area contributed by atoms with Gasteiger partial charge in [-0.1, -0.05) is 26.0 Å². The number of nitrogens with one attached hydrogen (secondary N) is 2. The summed E-state index contributed by atoms with van der Waals surface area (Å²) in [6.07, 6.45) is 0.800. The first-order valence-electron chi connectivity index (χ1n) is 10.8. The summed E-state index contributed by atoms with van der Waals surface area (Å²) in [7, 11) is 1.97. The van der Waals surface area contributed by atoms with E-state index in [-0.39, 0.29) is 24.3 Å². The first-order valence-corrected chi connectivity index (χ1v) is 10.8. The van der Waals surface area contributed by atoms with Crippen molar-refractivity contribution in [3.05, 3.63) is 48.3 Å². The monoisotopic (exact) mass is 436 g/mol. The average Bonchev–Trinajstić information content (AvgIpc) is 3.10. The largest absolute Gasteiger partial charge is 0.485 e. The Morgan fingerprint density at radius 1 is 1.19 bits per heavy atom. The van der Waals surface area contributed by atoms with Crippen LogP contribution >= 0.6 is 0 Å². The lowest BCUT2D eigenvalue weighted by atomic mass is 10.2. The van der Waals surface area contributed by atoms with Crippen molar-refractivity contribution < 1.29 is 19.1 Å². The van der Waals surface area contributed by atoms with E-state index in [1.807, 2.05) is 61.9 Å². The molecule has 168 valence electrons. The number of amides is 2. The highest BCUT2D eigenvalue weighted by atomic mass is 16.6. The van der Waals surface area contributed by atoms with Gasteiger partial charge in [-0.05, 0) is 36.8 Å². The van der Waals surface area contributed by atoms with Crippen molar-refractivity contribution in [2.75, 3.05) is 18.5 Å². The molecule has 1 atom stereocenters. The van der Waals surface area contributed by atoms with Gasteiger partial charge < -0.3 is 24.7 Å². The molecule has 2 N–H and O–H groups in total. The fourth-order valence-corrected chi connectivity index (χ4v) is 3.56. The summed E-state index contributed by atoms with van der Waals surface area (Å²) < 4.78 is 13.4. The van der Waals surface area contributed by atoms with Crippen LogP contribution < -0.4 is 20.1 Å². The molecule has 0 spiro atoms. The van der Waals surface area contributed by atoms with E-state index in [9.17, 15) is 9.59 Å². The third-order valence-corrected chi connectivity index (χ3v) is 5.44. The van der Waals surface area contributed by atoms with Crippen molar-refractivity contribution >= 4 is 28.5 Å². The van der Waals surface area contributed by atoms with Crippen LogP contribution in [0.25, 0.3) is 11.0 Å². The van der Waals surface area contributed by atoms with E-state index in [2.05, 4.69) is 10.6 Å². The van der Waals surface area contributed by atoms with Crippen molar-refractivity contribution in [1.82, 2.24) is 14.9 Å². The number of ether oxygens (including phenoxy) is 2. The second-order valence-corrected chi connectivity index (χ2v) is 8.19. The molecule has 0 fully saturated rings. The zero-order valence-corrected chi connectivity index (χ0v) is 18.6. The molecule has 0 saturated carbocycles. The summed E-state index contributed by atoms with van der Waals surface area (Å²) in [5, 5.41) is 5.83. The quantitative estimate of drug-likeness (QED) is 0.555. The lowest BCUT2D eigenvalue weighted by Crippen LogP contribution is -2.44. The molecule has 8 nitrogen and oxygen atoms in total. The minimum atomic E-state index is -0.653. The van der Waals surface area contributed by atoms with Gasteiger partial charge in [0, 0.05) is 31.6 Å². The highest BCUT2D eigenvalue weighted by Gasteiger charge is 2.26. The van der Waals surface area contributed by atoms with Crippen molar-refractivity contribution in [2.45, 2.75) is 32.8 Å². The second-order valence-electron chi connectivity index (χ2n) is 8.19. The molecule has 0 bridgehead atoms. The summed E-state index contributed by atoms with van der Waals surface area (Å²) in [5.41, 5.74) is 2.57. The number of anilines is 1. The normalized spacial score (nSPS) is 15.1. The molecule has 32 heavy (non-hydrogen) atoms. The van der Waals surface area contributed by atoms with Crippen molar-refractivity contribution in [1.29, 1.82) is 0 Å². The number of benzene rings is 2. The summed E-state index contributed by atoms with van der Waals surface area (Å²) in [6, 6.07) is 13.1. The van der Waals surface area contributed by atoms with Gasteiger partial charge in [0.25, 0.3) is 5.91 Å². The number of carbonyl (C=O) groups is 2. The summed E-state index contributed by atoms with van der Waals surface area (Å²) in [6.45, 7) is 4.43. The number of rotatable bonds is 7. The van der Waals surface area contributed by atoms with E-state index >= 15 is 0 Å². The van der Waals surface area contributed by atoms with E-state index < -0.39 is 6.10 Å². The van der Waals surface area contributed by atoms with E-state index in [1.165, 1.54) is 0 Å². The molecule has 2 heterocycles. The summed E-state index contributed by atoms with van der Waals surface area (Å²) >= 11 is 0. The first kappa shape index (κ1) is 21.7. The molecule has 8 heteroatoms. The molecule has 1 aliphatic heterocycles.